The van der Waals surface area contributed by atoms with Gasteiger partial charge < -0.3 is 15.3 Å². The lowest BCUT2D eigenvalue weighted by Gasteiger charge is -2.39. The normalized spacial score (nSPS) is 24.3. The molecular formula is C12H22F2N2O2. The number of alkyl halides is 2. The number of nitrogens with zero attached hydrogens (tertiary/aromatic N) is 1. The van der Waals surface area contributed by atoms with Crippen molar-refractivity contribution in [1.82, 2.24) is 10.2 Å². The molecule has 1 heterocycles. The molecule has 1 rings (SSSR count). The third-order valence-corrected chi connectivity index (χ3v) is 3.62. The molecule has 1 fully saturated rings. The lowest BCUT2D eigenvalue weighted by molar-refractivity contribution is -0.146. The van der Waals surface area contributed by atoms with Crippen molar-refractivity contribution in [1.29, 1.82) is 0 Å². The first-order chi connectivity index (χ1) is 8.55. The maximum atomic E-state index is 12.5. The number of aliphatic hydroxyl groups is 1. The Labute approximate surface area is 106 Å². The number of aliphatic hydroxyl groups excluding tert-OH is 1. The van der Waals surface area contributed by atoms with E-state index in [1.165, 1.54) is 0 Å². The fraction of sp³-hybridized carbons (Fsp3) is 0.917. The second-order valence-corrected chi connectivity index (χ2v) is 4.78. The number of rotatable bonds is 6. The standard InChI is InChI=1S/C12H22F2N2O2/c1-2-12(4-3-5-15-9-12)11(18)16(6-7-17)8-10(13)14/h10,15,17H,2-9H2,1H3. The molecule has 0 aromatic heterocycles. The van der Waals surface area contributed by atoms with Crippen molar-refractivity contribution in [2.75, 3.05) is 32.8 Å². The molecule has 1 unspecified atom stereocenters. The maximum absolute atomic E-state index is 12.5. The summed E-state index contributed by atoms with van der Waals surface area (Å²) in [6.45, 7) is 2.40. The van der Waals surface area contributed by atoms with Crippen LogP contribution < -0.4 is 5.32 Å². The SMILES string of the molecule is CCC1(C(=O)N(CCO)CC(F)F)CCCNC1. The van der Waals surface area contributed by atoms with Gasteiger partial charge in [0.15, 0.2) is 0 Å². The Morgan fingerprint density at radius 1 is 1.56 bits per heavy atom. The monoisotopic (exact) mass is 264 g/mol. The van der Waals surface area contributed by atoms with Gasteiger partial charge in [-0.2, -0.15) is 0 Å². The van der Waals surface area contributed by atoms with Gasteiger partial charge in [0.2, 0.25) is 5.91 Å². The Morgan fingerprint density at radius 2 is 2.28 bits per heavy atom. The fourth-order valence-electron chi connectivity index (χ4n) is 2.50. The summed E-state index contributed by atoms with van der Waals surface area (Å²) in [6, 6.07) is 0. The molecule has 0 aromatic carbocycles. The highest BCUT2D eigenvalue weighted by Gasteiger charge is 2.40. The van der Waals surface area contributed by atoms with Gasteiger partial charge in [-0.3, -0.25) is 4.79 Å². The summed E-state index contributed by atoms with van der Waals surface area (Å²) < 4.78 is 24.9. The van der Waals surface area contributed by atoms with E-state index in [1.807, 2.05) is 6.92 Å². The first kappa shape index (κ1) is 15.3. The summed E-state index contributed by atoms with van der Waals surface area (Å²) in [5, 5.41) is 12.1. The molecule has 0 spiro atoms. The van der Waals surface area contributed by atoms with E-state index in [-0.39, 0.29) is 19.1 Å². The first-order valence-electron chi connectivity index (χ1n) is 6.45. The van der Waals surface area contributed by atoms with Crippen molar-refractivity contribution in [3.63, 3.8) is 0 Å². The maximum Gasteiger partial charge on any atom is 0.255 e. The predicted octanol–water partition coefficient (Wildman–Crippen LogP) is 0.852. The van der Waals surface area contributed by atoms with Gasteiger partial charge in [0.1, 0.15) is 0 Å². The van der Waals surface area contributed by atoms with E-state index in [2.05, 4.69) is 5.32 Å². The Bertz CT molecular complexity index is 269. The van der Waals surface area contributed by atoms with Crippen LogP contribution >= 0.6 is 0 Å². The van der Waals surface area contributed by atoms with Crippen LogP contribution in [0, 0.1) is 5.41 Å². The van der Waals surface area contributed by atoms with Crippen LogP contribution in [0.2, 0.25) is 0 Å². The van der Waals surface area contributed by atoms with Crippen LogP contribution in [0.3, 0.4) is 0 Å². The van der Waals surface area contributed by atoms with Gasteiger partial charge in [-0.25, -0.2) is 8.78 Å². The van der Waals surface area contributed by atoms with Gasteiger partial charge in [-0.15, -0.1) is 0 Å². The van der Waals surface area contributed by atoms with Crippen LogP contribution in [-0.2, 0) is 4.79 Å². The number of nitrogens with one attached hydrogen (secondary N) is 1. The molecule has 0 saturated carbocycles. The molecule has 1 saturated heterocycles. The molecule has 0 bridgehead atoms. The molecule has 18 heavy (non-hydrogen) atoms. The van der Waals surface area contributed by atoms with Crippen LogP contribution in [0.5, 0.6) is 0 Å². The molecule has 106 valence electrons. The Morgan fingerprint density at radius 3 is 2.72 bits per heavy atom. The minimum Gasteiger partial charge on any atom is -0.395 e. The molecule has 4 nitrogen and oxygen atoms in total. The van der Waals surface area contributed by atoms with Crippen molar-refractivity contribution in [2.45, 2.75) is 32.6 Å². The van der Waals surface area contributed by atoms with Crippen LogP contribution in [0.4, 0.5) is 8.78 Å². The van der Waals surface area contributed by atoms with Crippen LogP contribution in [-0.4, -0.2) is 55.1 Å². The fourth-order valence-corrected chi connectivity index (χ4v) is 2.50. The number of hydrogen-bond donors (Lipinski definition) is 2. The highest BCUT2D eigenvalue weighted by molar-refractivity contribution is 5.83. The molecular weight excluding hydrogens is 242 g/mol. The minimum atomic E-state index is -2.56. The van der Waals surface area contributed by atoms with Crippen LogP contribution in [0.25, 0.3) is 0 Å². The zero-order valence-corrected chi connectivity index (χ0v) is 10.8. The second-order valence-electron chi connectivity index (χ2n) is 4.78. The van der Waals surface area contributed by atoms with Gasteiger partial charge in [0, 0.05) is 13.1 Å². The number of hydrogen-bond acceptors (Lipinski definition) is 3. The summed E-state index contributed by atoms with van der Waals surface area (Å²) in [7, 11) is 0. The molecule has 1 aliphatic rings. The highest BCUT2D eigenvalue weighted by Crippen LogP contribution is 2.32. The first-order valence-corrected chi connectivity index (χ1v) is 6.45. The summed E-state index contributed by atoms with van der Waals surface area (Å²) >= 11 is 0. The van der Waals surface area contributed by atoms with Gasteiger partial charge in [0.25, 0.3) is 6.43 Å². The van der Waals surface area contributed by atoms with Gasteiger partial charge >= 0.3 is 0 Å². The smallest absolute Gasteiger partial charge is 0.255 e. The van der Waals surface area contributed by atoms with Crippen LogP contribution in [0.15, 0.2) is 0 Å². The van der Waals surface area contributed by atoms with E-state index in [4.69, 9.17) is 5.11 Å². The zero-order valence-electron chi connectivity index (χ0n) is 10.8. The number of carbonyl (C=O) groups excluding carboxylic acids is 1. The van der Waals surface area contributed by atoms with E-state index in [9.17, 15) is 13.6 Å². The van der Waals surface area contributed by atoms with Crippen molar-refractivity contribution in [2.24, 2.45) is 5.41 Å². The van der Waals surface area contributed by atoms with E-state index < -0.39 is 18.4 Å². The highest BCUT2D eigenvalue weighted by atomic mass is 19.3. The molecule has 1 amide bonds. The topological polar surface area (TPSA) is 52.6 Å². The molecule has 0 radical (unpaired) electrons. The zero-order chi connectivity index (χ0) is 13.6. The average Bonchev–Trinajstić information content (AvgIpc) is 2.37. The quantitative estimate of drug-likeness (QED) is 0.748. The third-order valence-electron chi connectivity index (χ3n) is 3.62. The third kappa shape index (κ3) is 3.62. The molecule has 1 atom stereocenters. The van der Waals surface area contributed by atoms with E-state index >= 15 is 0 Å². The van der Waals surface area contributed by atoms with Crippen molar-refractivity contribution >= 4 is 5.91 Å². The number of piperidine rings is 1. The lowest BCUT2D eigenvalue weighted by Crippen LogP contribution is -2.53. The molecule has 0 aromatic rings. The summed E-state index contributed by atoms with van der Waals surface area (Å²) in [4.78, 5) is 13.5. The van der Waals surface area contributed by atoms with Crippen LogP contribution in [0.1, 0.15) is 26.2 Å². The predicted molar refractivity (Wildman–Crippen MR) is 64.5 cm³/mol. The summed E-state index contributed by atoms with van der Waals surface area (Å²) in [5.74, 6) is -0.258. The minimum absolute atomic E-state index is 0.0229. The molecule has 6 heteroatoms. The molecule has 2 N–H and O–H groups in total. The largest absolute Gasteiger partial charge is 0.395 e. The van der Waals surface area contributed by atoms with Gasteiger partial charge in [-0.1, -0.05) is 6.92 Å². The Balaban J connectivity index is 2.77. The number of halogens is 2. The second kappa shape index (κ2) is 6.99. The van der Waals surface area contributed by atoms with E-state index in [1.54, 1.807) is 0 Å². The number of carbonyl (C=O) groups is 1. The van der Waals surface area contributed by atoms with Crippen molar-refractivity contribution in [3.8, 4) is 0 Å². The van der Waals surface area contributed by atoms with E-state index in [0.29, 0.717) is 13.0 Å². The van der Waals surface area contributed by atoms with Crippen molar-refractivity contribution < 1.29 is 18.7 Å². The summed E-state index contributed by atoms with van der Waals surface area (Å²) in [6.07, 6.45) is -0.336. The Kier molecular flexibility index (Phi) is 5.95. The lowest BCUT2D eigenvalue weighted by atomic mass is 9.77. The average molecular weight is 264 g/mol. The number of amides is 1. The molecule has 1 aliphatic heterocycles. The summed E-state index contributed by atoms with van der Waals surface area (Å²) in [5.41, 5.74) is -0.581. The van der Waals surface area contributed by atoms with Gasteiger partial charge in [-0.05, 0) is 25.8 Å². The molecule has 0 aliphatic carbocycles. The Hall–Kier alpha value is -0.750. The van der Waals surface area contributed by atoms with E-state index in [0.717, 1.165) is 24.3 Å². The van der Waals surface area contributed by atoms with Crippen molar-refractivity contribution in [3.05, 3.63) is 0 Å². The van der Waals surface area contributed by atoms with Gasteiger partial charge in [0.05, 0.1) is 18.6 Å².